The summed E-state index contributed by atoms with van der Waals surface area (Å²) in [6.45, 7) is 6.04. The molecule has 1 amide bonds. The lowest BCUT2D eigenvalue weighted by molar-refractivity contribution is 0.0594. The number of carbonyl (C=O) groups excluding carboxylic acids is 2. The Morgan fingerprint density at radius 3 is 2.25 bits per heavy atom. The van der Waals surface area contributed by atoms with E-state index in [9.17, 15) is 9.59 Å². The maximum Gasteiger partial charge on any atom is 0.356 e. The molecule has 1 N–H and O–H groups in total. The van der Waals surface area contributed by atoms with E-state index in [1.165, 1.54) is 13.2 Å². The Bertz CT molecular complexity index is 710. The van der Waals surface area contributed by atoms with Crippen LogP contribution in [0, 0.1) is 0 Å². The lowest BCUT2D eigenvalue weighted by Crippen LogP contribution is -2.21. The lowest BCUT2D eigenvalue weighted by atomic mass is 10.2. The van der Waals surface area contributed by atoms with E-state index in [4.69, 9.17) is 0 Å². The Morgan fingerprint density at radius 2 is 1.67 bits per heavy atom. The molecule has 1 aromatic carbocycles. The molecule has 0 spiro atoms. The van der Waals surface area contributed by atoms with Gasteiger partial charge in [-0.25, -0.2) is 9.78 Å². The Labute approximate surface area is 141 Å². The van der Waals surface area contributed by atoms with Gasteiger partial charge in [-0.2, -0.15) is 0 Å². The van der Waals surface area contributed by atoms with Crippen molar-refractivity contribution < 1.29 is 14.3 Å². The third-order valence-corrected chi connectivity index (χ3v) is 3.63. The van der Waals surface area contributed by atoms with Crippen LogP contribution >= 0.6 is 0 Å². The number of pyridine rings is 1. The van der Waals surface area contributed by atoms with Gasteiger partial charge in [0.2, 0.25) is 0 Å². The maximum absolute atomic E-state index is 12.3. The van der Waals surface area contributed by atoms with Crippen LogP contribution in [0.1, 0.15) is 34.8 Å². The third-order valence-electron chi connectivity index (χ3n) is 3.63. The van der Waals surface area contributed by atoms with E-state index < -0.39 is 5.97 Å². The predicted octanol–water partition coefficient (Wildman–Crippen LogP) is 2.97. The Balaban J connectivity index is 2.11. The highest BCUT2D eigenvalue weighted by Crippen LogP contribution is 2.18. The zero-order valence-electron chi connectivity index (χ0n) is 14.1. The smallest absolute Gasteiger partial charge is 0.356 e. The molecule has 0 radical (unpaired) electrons. The van der Waals surface area contributed by atoms with E-state index >= 15 is 0 Å². The van der Waals surface area contributed by atoms with Gasteiger partial charge in [0.25, 0.3) is 5.91 Å². The summed E-state index contributed by atoms with van der Waals surface area (Å²) in [4.78, 5) is 30.0. The second-order valence-electron chi connectivity index (χ2n) is 5.07. The fraction of sp³-hybridized carbons (Fsp3) is 0.278. The zero-order chi connectivity index (χ0) is 17.5. The average Bonchev–Trinajstić information content (AvgIpc) is 2.63. The molecule has 6 nitrogen and oxygen atoms in total. The third kappa shape index (κ3) is 4.10. The quantitative estimate of drug-likeness (QED) is 0.826. The molecule has 0 saturated carbocycles. The second kappa shape index (κ2) is 8.10. The number of carbonyl (C=O) groups is 2. The van der Waals surface area contributed by atoms with E-state index in [1.54, 1.807) is 12.1 Å². The molecule has 0 atom stereocenters. The normalized spacial score (nSPS) is 10.1. The first kappa shape index (κ1) is 17.5. The van der Waals surface area contributed by atoms with Gasteiger partial charge in [-0.05, 0) is 50.2 Å². The molecule has 2 rings (SSSR count). The van der Waals surface area contributed by atoms with Crippen molar-refractivity contribution in [3.63, 3.8) is 0 Å². The highest BCUT2D eigenvalue weighted by molar-refractivity contribution is 6.03. The Hall–Kier alpha value is -2.89. The second-order valence-corrected chi connectivity index (χ2v) is 5.07. The molecule has 6 heteroatoms. The maximum atomic E-state index is 12.3. The van der Waals surface area contributed by atoms with E-state index in [-0.39, 0.29) is 17.3 Å². The van der Waals surface area contributed by atoms with E-state index in [0.29, 0.717) is 5.69 Å². The molecule has 0 aliphatic heterocycles. The fourth-order valence-electron chi connectivity index (χ4n) is 2.32. The topological polar surface area (TPSA) is 71.5 Å². The van der Waals surface area contributed by atoms with Gasteiger partial charge in [0.15, 0.2) is 0 Å². The van der Waals surface area contributed by atoms with Gasteiger partial charge >= 0.3 is 5.97 Å². The minimum Gasteiger partial charge on any atom is -0.464 e. The van der Waals surface area contributed by atoms with Gasteiger partial charge in [0.1, 0.15) is 11.4 Å². The Morgan fingerprint density at radius 1 is 1.04 bits per heavy atom. The summed E-state index contributed by atoms with van der Waals surface area (Å²) in [5.41, 5.74) is 2.03. The summed E-state index contributed by atoms with van der Waals surface area (Å²) < 4.78 is 4.61. The summed E-state index contributed by atoms with van der Waals surface area (Å²) in [6.07, 6.45) is 0. The zero-order valence-corrected chi connectivity index (χ0v) is 14.1. The van der Waals surface area contributed by atoms with Gasteiger partial charge in [-0.15, -0.1) is 0 Å². The number of hydrogen-bond acceptors (Lipinski definition) is 5. The van der Waals surface area contributed by atoms with Crippen molar-refractivity contribution >= 4 is 23.3 Å². The predicted molar refractivity (Wildman–Crippen MR) is 93.5 cm³/mol. The van der Waals surface area contributed by atoms with Crippen LogP contribution in [-0.4, -0.2) is 37.1 Å². The van der Waals surface area contributed by atoms with Crippen LogP contribution in [0.25, 0.3) is 0 Å². The largest absolute Gasteiger partial charge is 0.464 e. The lowest BCUT2D eigenvalue weighted by Gasteiger charge is -2.21. The van der Waals surface area contributed by atoms with Crippen LogP contribution < -0.4 is 10.2 Å². The van der Waals surface area contributed by atoms with Crippen LogP contribution in [0.15, 0.2) is 42.5 Å². The minimum absolute atomic E-state index is 0.0991. The fourth-order valence-corrected chi connectivity index (χ4v) is 2.32. The summed E-state index contributed by atoms with van der Waals surface area (Å²) >= 11 is 0. The summed E-state index contributed by atoms with van der Waals surface area (Å²) in [5.74, 6) is -0.954. The first-order valence-electron chi connectivity index (χ1n) is 7.80. The van der Waals surface area contributed by atoms with Gasteiger partial charge in [0, 0.05) is 24.5 Å². The number of hydrogen-bond donors (Lipinski definition) is 1. The molecule has 0 unspecified atom stereocenters. The number of nitrogens with one attached hydrogen (secondary N) is 1. The first-order chi connectivity index (χ1) is 11.6. The summed E-state index contributed by atoms with van der Waals surface area (Å²) in [7, 11) is 1.27. The van der Waals surface area contributed by atoms with Crippen molar-refractivity contribution in [1.29, 1.82) is 0 Å². The molecule has 0 saturated heterocycles. The number of benzene rings is 1. The van der Waals surface area contributed by atoms with Crippen molar-refractivity contribution in [1.82, 2.24) is 4.98 Å². The molecule has 24 heavy (non-hydrogen) atoms. The summed E-state index contributed by atoms with van der Waals surface area (Å²) in [5, 5.41) is 2.77. The number of rotatable bonds is 6. The molecule has 0 aliphatic rings. The molecule has 1 aromatic heterocycles. The van der Waals surface area contributed by atoms with E-state index in [0.717, 1.165) is 18.8 Å². The molecular formula is C18H21N3O3. The van der Waals surface area contributed by atoms with E-state index in [2.05, 4.69) is 33.8 Å². The molecule has 0 bridgehead atoms. The standard InChI is InChI=1S/C18H21N3O3/c1-4-21(5-2)14-11-9-13(10-12-14)19-17(22)15-7-6-8-16(20-15)18(23)24-3/h6-12H,4-5H2,1-3H3,(H,19,22). The van der Waals surface area contributed by atoms with Crippen molar-refractivity contribution in [3.05, 3.63) is 53.9 Å². The minimum atomic E-state index is -0.576. The van der Waals surface area contributed by atoms with Crippen LogP contribution in [0.4, 0.5) is 11.4 Å². The number of esters is 1. The van der Waals surface area contributed by atoms with Crippen LogP contribution in [0.5, 0.6) is 0 Å². The van der Waals surface area contributed by atoms with Crippen molar-refractivity contribution in [2.75, 3.05) is 30.4 Å². The van der Waals surface area contributed by atoms with Gasteiger partial charge < -0.3 is 15.0 Å². The van der Waals surface area contributed by atoms with Crippen molar-refractivity contribution in [3.8, 4) is 0 Å². The number of aromatic nitrogens is 1. The van der Waals surface area contributed by atoms with Gasteiger partial charge in [0.05, 0.1) is 7.11 Å². The first-order valence-corrected chi connectivity index (χ1v) is 7.80. The van der Waals surface area contributed by atoms with Crippen LogP contribution in [0.2, 0.25) is 0 Å². The number of anilines is 2. The molecule has 0 fully saturated rings. The average molecular weight is 327 g/mol. The number of amides is 1. The molecule has 1 heterocycles. The highest BCUT2D eigenvalue weighted by atomic mass is 16.5. The summed E-state index contributed by atoms with van der Waals surface area (Å²) in [6, 6.07) is 12.2. The molecular weight excluding hydrogens is 306 g/mol. The van der Waals surface area contributed by atoms with Gasteiger partial charge in [-0.3, -0.25) is 4.79 Å². The number of ether oxygens (including phenoxy) is 1. The van der Waals surface area contributed by atoms with Crippen LogP contribution in [0.3, 0.4) is 0 Å². The number of methoxy groups -OCH3 is 1. The van der Waals surface area contributed by atoms with Gasteiger partial charge in [-0.1, -0.05) is 6.07 Å². The Kier molecular flexibility index (Phi) is 5.89. The van der Waals surface area contributed by atoms with E-state index in [1.807, 2.05) is 24.3 Å². The monoisotopic (exact) mass is 327 g/mol. The SMILES string of the molecule is CCN(CC)c1ccc(NC(=O)c2cccc(C(=O)OC)n2)cc1. The molecule has 126 valence electrons. The van der Waals surface area contributed by atoms with Crippen molar-refractivity contribution in [2.45, 2.75) is 13.8 Å². The van der Waals surface area contributed by atoms with Crippen molar-refractivity contribution in [2.24, 2.45) is 0 Å². The molecule has 0 aliphatic carbocycles. The number of nitrogens with zero attached hydrogens (tertiary/aromatic N) is 2. The van der Waals surface area contributed by atoms with Crippen LogP contribution in [-0.2, 0) is 4.74 Å². The molecule has 2 aromatic rings. The highest BCUT2D eigenvalue weighted by Gasteiger charge is 2.13.